The van der Waals surface area contributed by atoms with Gasteiger partial charge in [-0.15, -0.1) is 0 Å². The quantitative estimate of drug-likeness (QED) is 0.911. The zero-order valence-electron chi connectivity index (χ0n) is 10.2. The molecule has 2 aromatic carbocycles. The Morgan fingerprint density at radius 2 is 1.89 bits per heavy atom. The van der Waals surface area contributed by atoms with E-state index in [0.717, 1.165) is 11.1 Å². The molecule has 1 aliphatic rings. The van der Waals surface area contributed by atoms with Gasteiger partial charge in [0.1, 0.15) is 5.82 Å². The first-order valence-corrected chi connectivity index (χ1v) is 6.43. The van der Waals surface area contributed by atoms with Crippen molar-refractivity contribution in [1.29, 1.82) is 0 Å². The van der Waals surface area contributed by atoms with Crippen molar-refractivity contribution in [1.82, 2.24) is 0 Å². The van der Waals surface area contributed by atoms with E-state index in [1.54, 1.807) is 12.1 Å². The van der Waals surface area contributed by atoms with Crippen LogP contribution in [0.3, 0.4) is 0 Å². The second kappa shape index (κ2) is 4.93. The normalized spacial score (nSPS) is 15.3. The lowest BCUT2D eigenvalue weighted by molar-refractivity contribution is 0.134. The van der Waals surface area contributed by atoms with Gasteiger partial charge in [0.05, 0.1) is 19.3 Å². The molecule has 0 amide bonds. The summed E-state index contributed by atoms with van der Waals surface area (Å²) in [5, 5.41) is 0.371. The topological polar surface area (TPSA) is 35.2 Å². The number of halogens is 2. The summed E-state index contributed by atoms with van der Waals surface area (Å²) in [6.07, 6.45) is 0. The lowest BCUT2D eigenvalue weighted by atomic mass is 9.96. The average molecular weight is 278 g/mol. The molecule has 98 valence electrons. The van der Waals surface area contributed by atoms with Crippen LogP contribution in [0.5, 0.6) is 0 Å². The first kappa shape index (κ1) is 12.6. The Labute approximate surface area is 115 Å². The second-order valence-electron chi connectivity index (χ2n) is 4.66. The monoisotopic (exact) mass is 277 g/mol. The Morgan fingerprint density at radius 1 is 1.11 bits per heavy atom. The predicted molar refractivity (Wildman–Crippen MR) is 72.4 cm³/mol. The van der Waals surface area contributed by atoms with Crippen LogP contribution in [0.4, 0.5) is 4.39 Å². The number of hydrogen-bond donors (Lipinski definition) is 1. The Hall–Kier alpha value is -1.42. The minimum absolute atomic E-state index is 0.371. The van der Waals surface area contributed by atoms with Crippen LogP contribution in [0.1, 0.15) is 28.3 Å². The Morgan fingerprint density at radius 3 is 2.68 bits per heavy atom. The second-order valence-corrected chi connectivity index (χ2v) is 5.10. The number of benzene rings is 2. The third kappa shape index (κ3) is 2.37. The molecule has 0 bridgehead atoms. The molecule has 0 spiro atoms. The van der Waals surface area contributed by atoms with Crippen molar-refractivity contribution in [3.05, 3.63) is 69.5 Å². The fourth-order valence-electron chi connectivity index (χ4n) is 2.32. The molecule has 0 saturated heterocycles. The van der Waals surface area contributed by atoms with Gasteiger partial charge in [-0.05, 0) is 28.8 Å². The SMILES string of the molecule is NC(c1ccc2c(c1)COC2)c1ccc(Cl)cc1F. The van der Waals surface area contributed by atoms with Gasteiger partial charge in [-0.1, -0.05) is 35.9 Å². The summed E-state index contributed by atoms with van der Waals surface area (Å²) < 4.78 is 19.2. The summed E-state index contributed by atoms with van der Waals surface area (Å²) in [7, 11) is 0. The fraction of sp³-hybridized carbons (Fsp3) is 0.200. The van der Waals surface area contributed by atoms with Crippen molar-refractivity contribution in [2.24, 2.45) is 5.73 Å². The zero-order chi connectivity index (χ0) is 13.4. The highest BCUT2D eigenvalue weighted by molar-refractivity contribution is 6.30. The van der Waals surface area contributed by atoms with Crippen LogP contribution in [0.15, 0.2) is 36.4 Å². The van der Waals surface area contributed by atoms with Crippen molar-refractivity contribution < 1.29 is 9.13 Å². The van der Waals surface area contributed by atoms with Crippen molar-refractivity contribution in [2.75, 3.05) is 0 Å². The van der Waals surface area contributed by atoms with Gasteiger partial charge in [-0.3, -0.25) is 0 Å². The molecular weight excluding hydrogens is 265 g/mol. The molecular formula is C15H13ClFNO. The highest BCUT2D eigenvalue weighted by Gasteiger charge is 2.17. The average Bonchev–Trinajstić information content (AvgIpc) is 2.85. The first-order valence-electron chi connectivity index (χ1n) is 6.05. The molecule has 19 heavy (non-hydrogen) atoms. The maximum atomic E-state index is 13.9. The van der Waals surface area contributed by atoms with Crippen LogP contribution in [0, 0.1) is 5.82 Å². The van der Waals surface area contributed by atoms with Crippen LogP contribution in [0.2, 0.25) is 5.02 Å². The van der Waals surface area contributed by atoms with E-state index in [9.17, 15) is 4.39 Å². The van der Waals surface area contributed by atoms with Gasteiger partial charge < -0.3 is 10.5 Å². The minimum atomic E-state index is -0.497. The van der Waals surface area contributed by atoms with E-state index in [-0.39, 0.29) is 5.82 Å². The number of hydrogen-bond acceptors (Lipinski definition) is 2. The number of ether oxygens (including phenoxy) is 1. The van der Waals surface area contributed by atoms with Gasteiger partial charge in [0.15, 0.2) is 0 Å². The molecule has 2 nitrogen and oxygen atoms in total. The van der Waals surface area contributed by atoms with Crippen LogP contribution >= 0.6 is 11.6 Å². The van der Waals surface area contributed by atoms with E-state index in [0.29, 0.717) is 23.8 Å². The maximum absolute atomic E-state index is 13.9. The number of nitrogens with two attached hydrogens (primary N) is 1. The van der Waals surface area contributed by atoms with Crippen molar-refractivity contribution in [3.8, 4) is 0 Å². The molecule has 0 fully saturated rings. The van der Waals surface area contributed by atoms with E-state index in [1.807, 2.05) is 18.2 Å². The molecule has 1 atom stereocenters. The van der Waals surface area contributed by atoms with Gasteiger partial charge in [-0.25, -0.2) is 4.39 Å². The third-order valence-corrected chi connectivity index (χ3v) is 3.64. The molecule has 1 aliphatic heterocycles. The number of rotatable bonds is 2. The number of fused-ring (bicyclic) bond motifs is 1. The molecule has 4 heteroatoms. The highest BCUT2D eigenvalue weighted by atomic mass is 35.5. The summed E-state index contributed by atoms with van der Waals surface area (Å²) in [5.74, 6) is -0.378. The lowest BCUT2D eigenvalue weighted by Gasteiger charge is -2.14. The maximum Gasteiger partial charge on any atom is 0.129 e. The van der Waals surface area contributed by atoms with Gasteiger partial charge in [0.2, 0.25) is 0 Å². The molecule has 1 unspecified atom stereocenters. The summed E-state index contributed by atoms with van der Waals surface area (Å²) in [5.41, 5.74) is 9.77. The van der Waals surface area contributed by atoms with E-state index < -0.39 is 6.04 Å². The first-order chi connectivity index (χ1) is 9.15. The van der Waals surface area contributed by atoms with Crippen molar-refractivity contribution >= 4 is 11.6 Å². The predicted octanol–water partition coefficient (Wildman–Crippen LogP) is 3.56. The van der Waals surface area contributed by atoms with Gasteiger partial charge >= 0.3 is 0 Å². The van der Waals surface area contributed by atoms with Crippen LogP contribution < -0.4 is 5.73 Å². The van der Waals surface area contributed by atoms with Crippen molar-refractivity contribution in [3.63, 3.8) is 0 Å². The smallest absolute Gasteiger partial charge is 0.129 e. The molecule has 2 aromatic rings. The summed E-state index contributed by atoms with van der Waals surface area (Å²) >= 11 is 5.75. The molecule has 0 aromatic heterocycles. The Balaban J connectivity index is 1.97. The highest BCUT2D eigenvalue weighted by Crippen LogP contribution is 2.28. The van der Waals surface area contributed by atoms with Crippen LogP contribution in [-0.4, -0.2) is 0 Å². The zero-order valence-corrected chi connectivity index (χ0v) is 11.0. The largest absolute Gasteiger partial charge is 0.372 e. The van der Waals surface area contributed by atoms with Gasteiger partial charge in [-0.2, -0.15) is 0 Å². The van der Waals surface area contributed by atoms with E-state index in [1.165, 1.54) is 11.6 Å². The molecule has 0 saturated carbocycles. The van der Waals surface area contributed by atoms with Crippen LogP contribution in [-0.2, 0) is 18.0 Å². The van der Waals surface area contributed by atoms with Crippen molar-refractivity contribution in [2.45, 2.75) is 19.3 Å². The summed E-state index contributed by atoms with van der Waals surface area (Å²) in [6.45, 7) is 1.24. The molecule has 0 aliphatic carbocycles. The summed E-state index contributed by atoms with van der Waals surface area (Å²) in [4.78, 5) is 0. The fourth-order valence-corrected chi connectivity index (χ4v) is 2.48. The molecule has 2 N–H and O–H groups in total. The standard InChI is InChI=1S/C15H13ClFNO/c16-12-3-4-13(14(17)6-12)15(18)9-1-2-10-7-19-8-11(10)5-9/h1-6,15H,7-8,18H2. The van der Waals surface area contributed by atoms with Crippen LogP contribution in [0.25, 0.3) is 0 Å². The van der Waals surface area contributed by atoms with Gasteiger partial charge in [0.25, 0.3) is 0 Å². The van der Waals surface area contributed by atoms with Gasteiger partial charge in [0, 0.05) is 10.6 Å². The summed E-state index contributed by atoms with van der Waals surface area (Å²) in [6, 6.07) is 9.97. The van der Waals surface area contributed by atoms with E-state index in [2.05, 4.69) is 0 Å². The molecule has 1 heterocycles. The Kier molecular flexibility index (Phi) is 3.27. The molecule has 3 rings (SSSR count). The minimum Gasteiger partial charge on any atom is -0.372 e. The van der Waals surface area contributed by atoms with E-state index >= 15 is 0 Å². The lowest BCUT2D eigenvalue weighted by Crippen LogP contribution is -2.14. The van der Waals surface area contributed by atoms with E-state index in [4.69, 9.17) is 22.1 Å². The molecule has 0 radical (unpaired) electrons. The third-order valence-electron chi connectivity index (χ3n) is 3.40. The Bertz CT molecular complexity index is 630.